The molecule has 20 heteroatoms. The molecule has 0 N–H and O–H groups in total. The van der Waals surface area contributed by atoms with Crippen LogP contribution in [-0.4, -0.2) is 88.9 Å². The Morgan fingerprint density at radius 2 is 0.929 bits per heavy atom. The van der Waals surface area contributed by atoms with Crippen LogP contribution in [-0.2, 0) is 35.4 Å². The molecule has 4 aromatic heterocycles. The maximum Gasteiger partial charge on any atom is 0.194 e. The first-order valence-electron chi connectivity index (χ1n) is 24.4. The summed E-state index contributed by atoms with van der Waals surface area (Å²) >= 11 is 0. The van der Waals surface area contributed by atoms with Gasteiger partial charge in [0.05, 0.1) is 0 Å². The van der Waals surface area contributed by atoms with Crippen molar-refractivity contribution in [2.75, 3.05) is 49.2 Å². The topological polar surface area (TPSA) is 138 Å². The molecule has 4 fully saturated rings. The molecule has 4 aliphatic heterocycles. The Labute approximate surface area is 400 Å². The van der Waals surface area contributed by atoms with Gasteiger partial charge in [0.1, 0.15) is 36.5 Å². The van der Waals surface area contributed by atoms with Gasteiger partial charge in [-0.15, -0.1) is 0 Å². The Kier molecular flexibility index (Phi) is 12.8. The van der Waals surface area contributed by atoms with Gasteiger partial charge < -0.3 is 19.3 Å². The van der Waals surface area contributed by atoms with E-state index in [2.05, 4.69) is 29.7 Å². The lowest BCUT2D eigenvalue weighted by molar-refractivity contribution is 0.0778. The first-order chi connectivity index (χ1) is 33.9. The van der Waals surface area contributed by atoms with E-state index >= 15 is 0 Å². The van der Waals surface area contributed by atoms with E-state index in [0.717, 1.165) is 99.9 Å². The average Bonchev–Trinajstić information content (AvgIpc) is 3.97. The van der Waals surface area contributed by atoms with Gasteiger partial charge in [-0.05, 0) is 112 Å². The molecule has 2 aliphatic carbocycles. The Bertz CT molecular complexity index is 2660. The van der Waals surface area contributed by atoms with Gasteiger partial charge in [0, 0.05) is 100.0 Å². The molecular weight excluding hydrogens is 915 g/mol. The lowest BCUT2D eigenvalue weighted by Gasteiger charge is -2.38. The molecule has 14 nitrogen and oxygen atoms in total. The second-order valence-corrected chi connectivity index (χ2v) is 19.7. The molecule has 2 unspecified atom stereocenters. The van der Waals surface area contributed by atoms with E-state index in [9.17, 15) is 26.3 Å². The summed E-state index contributed by atoms with van der Waals surface area (Å²) in [6.45, 7) is 9.60. The molecule has 8 heterocycles. The van der Waals surface area contributed by atoms with Crippen LogP contribution in [0.4, 0.5) is 38.0 Å². The summed E-state index contributed by atoms with van der Waals surface area (Å²) in [7, 11) is 0. The number of aromatic nitrogens is 10. The van der Waals surface area contributed by atoms with E-state index in [1.54, 1.807) is 22.0 Å². The summed E-state index contributed by atoms with van der Waals surface area (Å²) in [5.74, 6) is -0.670. The largest absolute Gasteiger partial charge is 0.365 e. The van der Waals surface area contributed by atoms with Gasteiger partial charge in [-0.25, -0.2) is 65.6 Å². The number of ether oxygens (including phenoxy) is 2. The number of benzene rings is 2. The predicted molar refractivity (Wildman–Crippen MR) is 242 cm³/mol. The molecule has 4 bridgehead atoms. The molecule has 2 saturated carbocycles. The van der Waals surface area contributed by atoms with Gasteiger partial charge in [-0.2, -0.15) is 10.2 Å². The van der Waals surface area contributed by atoms with Crippen LogP contribution in [0.2, 0.25) is 0 Å². The maximum absolute atomic E-state index is 14.6. The lowest BCUT2D eigenvalue weighted by Crippen LogP contribution is -2.43. The van der Waals surface area contributed by atoms with Crippen LogP contribution >= 0.6 is 0 Å². The number of nitrogens with zero attached hydrogens (tertiary/aromatic N) is 12. The number of piperidine rings is 2. The third-order valence-electron chi connectivity index (χ3n) is 15.4. The fraction of sp³-hybridized carbons (Fsp3) is 0.520. The minimum absolute atomic E-state index is 0.0560. The van der Waals surface area contributed by atoms with E-state index in [1.807, 2.05) is 26.0 Å². The minimum Gasteiger partial charge on any atom is -0.365 e. The fourth-order valence-corrected chi connectivity index (χ4v) is 12.0. The Morgan fingerprint density at radius 3 is 1.31 bits per heavy atom. The fourth-order valence-electron chi connectivity index (χ4n) is 12.0. The summed E-state index contributed by atoms with van der Waals surface area (Å²) < 4.78 is 99.3. The highest BCUT2D eigenvalue weighted by atomic mass is 19.2. The van der Waals surface area contributed by atoms with Gasteiger partial charge in [-0.1, -0.05) is 0 Å². The standard InChI is InChI=1S/2C25H27F3N6O/c2*1-14-9-21(30-13-29-14)33-11-15-3-4-16(12-33)18(15)10-20-31-25-24(35-8-2-7-34(25)32-20)17-5-6-19(26)23(28)22(17)27/h2*5-6,9,13,15-16,18,24H,2-4,7-8,10-12H2,1H3/t2*15-,16+,18?,24-/m10/s1. The molecule has 2 saturated heterocycles. The SMILES string of the molecule is Cc1cc(N2C[C@H]3CC[C@@H](C2)C3Cc2nc3n(n2)CCCO[C@@H]3c2ccc(F)c(F)c2F)ncn1.Cc1cc(N2C[C@H]3CC[C@@H](C2)C3Cc2nc3n(n2)CCCO[C@H]3c2ccc(F)c(F)c2F)ncn1. The summed E-state index contributed by atoms with van der Waals surface area (Å²) in [6, 6.07) is 8.37. The van der Waals surface area contributed by atoms with Crippen molar-refractivity contribution in [2.45, 2.75) is 90.5 Å². The second kappa shape index (κ2) is 19.3. The normalized spacial score (nSPS) is 26.0. The summed E-state index contributed by atoms with van der Waals surface area (Å²) in [5.41, 5.74) is 1.81. The zero-order valence-corrected chi connectivity index (χ0v) is 39.0. The van der Waals surface area contributed by atoms with Gasteiger partial charge in [0.15, 0.2) is 58.2 Å². The smallest absolute Gasteiger partial charge is 0.194 e. The molecule has 12 rings (SSSR count). The van der Waals surface area contributed by atoms with Crippen molar-refractivity contribution in [3.63, 3.8) is 0 Å². The highest BCUT2D eigenvalue weighted by molar-refractivity contribution is 5.41. The number of fused-ring (bicyclic) bond motifs is 6. The number of hydrogen-bond donors (Lipinski definition) is 0. The van der Waals surface area contributed by atoms with Crippen LogP contribution in [0.15, 0.2) is 49.1 Å². The van der Waals surface area contributed by atoms with Crippen LogP contribution in [0.1, 0.15) is 96.5 Å². The van der Waals surface area contributed by atoms with Crippen molar-refractivity contribution in [1.82, 2.24) is 49.5 Å². The zero-order valence-electron chi connectivity index (χ0n) is 39.0. The van der Waals surface area contributed by atoms with E-state index in [-0.39, 0.29) is 11.1 Å². The Morgan fingerprint density at radius 1 is 0.529 bits per heavy atom. The monoisotopic (exact) mass is 968 g/mol. The van der Waals surface area contributed by atoms with Crippen molar-refractivity contribution in [2.24, 2.45) is 35.5 Å². The first kappa shape index (κ1) is 46.4. The molecule has 70 heavy (non-hydrogen) atoms. The molecule has 368 valence electrons. The summed E-state index contributed by atoms with van der Waals surface area (Å²) in [6.07, 6.45) is 8.87. The van der Waals surface area contributed by atoms with Crippen LogP contribution in [0.3, 0.4) is 0 Å². The average molecular weight is 969 g/mol. The highest BCUT2D eigenvalue weighted by Crippen LogP contribution is 2.46. The van der Waals surface area contributed by atoms with E-state index in [1.165, 1.54) is 12.1 Å². The number of rotatable bonds is 8. The van der Waals surface area contributed by atoms with Crippen LogP contribution in [0, 0.1) is 84.3 Å². The molecule has 2 aromatic carbocycles. The van der Waals surface area contributed by atoms with Gasteiger partial charge in [0.2, 0.25) is 0 Å². The molecular formula is C50H54F6N12O2. The second-order valence-electron chi connectivity index (χ2n) is 19.7. The van der Waals surface area contributed by atoms with Crippen molar-refractivity contribution in [3.05, 3.63) is 130 Å². The third kappa shape index (κ3) is 9.01. The van der Waals surface area contributed by atoms with E-state index in [0.29, 0.717) is 97.9 Å². The lowest BCUT2D eigenvalue weighted by atomic mass is 9.82. The molecule has 6 aromatic rings. The van der Waals surface area contributed by atoms with Crippen molar-refractivity contribution in [3.8, 4) is 0 Å². The van der Waals surface area contributed by atoms with Crippen LogP contribution in [0.25, 0.3) is 0 Å². The highest BCUT2D eigenvalue weighted by Gasteiger charge is 2.45. The summed E-state index contributed by atoms with van der Waals surface area (Å²) in [4.78, 5) is 31.6. The van der Waals surface area contributed by atoms with Crippen molar-refractivity contribution < 1.29 is 35.8 Å². The van der Waals surface area contributed by atoms with Crippen LogP contribution < -0.4 is 9.80 Å². The molecule has 0 radical (unpaired) electrons. The number of halogens is 6. The first-order valence-corrected chi connectivity index (χ1v) is 24.4. The maximum atomic E-state index is 14.6. The zero-order chi connectivity index (χ0) is 48.2. The summed E-state index contributed by atoms with van der Waals surface area (Å²) in [5, 5.41) is 9.47. The predicted octanol–water partition coefficient (Wildman–Crippen LogP) is 8.02. The van der Waals surface area contributed by atoms with Gasteiger partial charge in [-0.3, -0.25) is 0 Å². The van der Waals surface area contributed by atoms with Crippen LogP contribution in [0.5, 0.6) is 0 Å². The van der Waals surface area contributed by atoms with E-state index < -0.39 is 47.1 Å². The molecule has 8 atom stereocenters. The van der Waals surface area contributed by atoms with Gasteiger partial charge >= 0.3 is 0 Å². The number of hydrogen-bond acceptors (Lipinski definition) is 12. The molecule has 6 aliphatic rings. The van der Waals surface area contributed by atoms with Gasteiger partial charge in [0.25, 0.3) is 0 Å². The Balaban J connectivity index is 0.000000152. The quantitative estimate of drug-likeness (QED) is 0.108. The number of anilines is 2. The third-order valence-corrected chi connectivity index (χ3v) is 15.4. The Hall–Kier alpha value is -6.02. The number of aryl methyl sites for hydroxylation is 4. The van der Waals surface area contributed by atoms with E-state index in [4.69, 9.17) is 29.6 Å². The molecule has 0 amide bonds. The molecule has 0 spiro atoms. The minimum atomic E-state index is -1.50. The van der Waals surface area contributed by atoms with Crippen molar-refractivity contribution >= 4 is 11.6 Å². The van der Waals surface area contributed by atoms with Crippen molar-refractivity contribution in [1.29, 1.82) is 0 Å².